The Labute approximate surface area is 120 Å². The second kappa shape index (κ2) is 8.14. The highest BCUT2D eigenvalue weighted by molar-refractivity contribution is 5.65. The van der Waals surface area contributed by atoms with E-state index in [4.69, 9.17) is 5.73 Å². The molecule has 1 aromatic rings. The van der Waals surface area contributed by atoms with E-state index in [2.05, 4.69) is 41.1 Å². The van der Waals surface area contributed by atoms with Gasteiger partial charge >= 0.3 is 0 Å². The Hall–Kier alpha value is -2.11. The van der Waals surface area contributed by atoms with Crippen molar-refractivity contribution in [3.05, 3.63) is 29.7 Å². The summed E-state index contributed by atoms with van der Waals surface area (Å²) < 4.78 is 2.02. The van der Waals surface area contributed by atoms with E-state index in [1.807, 2.05) is 11.6 Å². The molecule has 0 saturated carbocycles. The van der Waals surface area contributed by atoms with Crippen LogP contribution in [0.4, 0.5) is 0 Å². The molecule has 0 spiro atoms. The molecular formula is C14H24N6. The van der Waals surface area contributed by atoms with E-state index < -0.39 is 0 Å². The van der Waals surface area contributed by atoms with Crippen molar-refractivity contribution in [1.82, 2.24) is 20.1 Å². The van der Waals surface area contributed by atoms with Crippen LogP contribution in [0.2, 0.25) is 0 Å². The molecule has 0 bridgehead atoms. The largest absolute Gasteiger partial charge is 0.403 e. The monoisotopic (exact) mass is 276 g/mol. The average Bonchev–Trinajstić information content (AvgIpc) is 2.82. The summed E-state index contributed by atoms with van der Waals surface area (Å²) in [5.74, 6) is 1.83. The molecule has 0 atom stereocenters. The number of nitrogens with one attached hydrogen (secondary N) is 1. The molecule has 3 N–H and O–H groups in total. The Morgan fingerprint density at radius 1 is 1.45 bits per heavy atom. The van der Waals surface area contributed by atoms with Gasteiger partial charge in [0.05, 0.1) is 12.2 Å². The second-order valence-corrected chi connectivity index (χ2v) is 4.43. The first-order valence-corrected chi connectivity index (χ1v) is 6.87. The smallest absolute Gasteiger partial charge is 0.161 e. The summed E-state index contributed by atoms with van der Waals surface area (Å²) >= 11 is 0. The lowest BCUT2D eigenvalue weighted by atomic mass is 10.1. The second-order valence-electron chi connectivity index (χ2n) is 4.43. The lowest BCUT2D eigenvalue weighted by Crippen LogP contribution is -2.12. The molecule has 1 aromatic heterocycles. The summed E-state index contributed by atoms with van der Waals surface area (Å²) in [4.78, 5) is 4.14. The van der Waals surface area contributed by atoms with Crippen LogP contribution >= 0.6 is 0 Å². The van der Waals surface area contributed by atoms with E-state index in [9.17, 15) is 0 Å². The zero-order valence-electron chi connectivity index (χ0n) is 12.6. The van der Waals surface area contributed by atoms with Crippen molar-refractivity contribution in [2.45, 2.75) is 33.1 Å². The molecule has 6 nitrogen and oxygen atoms in total. The van der Waals surface area contributed by atoms with Crippen molar-refractivity contribution < 1.29 is 0 Å². The molecule has 0 aliphatic rings. The lowest BCUT2D eigenvalue weighted by Gasteiger charge is -2.11. The molecule has 1 rings (SSSR count). The molecule has 0 aromatic carbocycles. The van der Waals surface area contributed by atoms with Gasteiger partial charge < -0.3 is 15.6 Å². The van der Waals surface area contributed by atoms with Gasteiger partial charge in [-0.1, -0.05) is 20.3 Å². The Morgan fingerprint density at radius 2 is 2.20 bits per heavy atom. The predicted molar refractivity (Wildman–Crippen MR) is 83.1 cm³/mol. The number of aryl methyl sites for hydroxylation is 1. The summed E-state index contributed by atoms with van der Waals surface area (Å²) in [6.45, 7) is 8.43. The Morgan fingerprint density at radius 3 is 2.70 bits per heavy atom. The first-order valence-electron chi connectivity index (χ1n) is 6.87. The average molecular weight is 276 g/mol. The molecule has 0 fully saturated rings. The summed E-state index contributed by atoms with van der Waals surface area (Å²) in [5.41, 5.74) is 7.27. The minimum atomic E-state index is 0.570. The minimum absolute atomic E-state index is 0.570. The topological polar surface area (TPSA) is 81.1 Å². The van der Waals surface area contributed by atoms with E-state index in [-0.39, 0.29) is 0 Å². The van der Waals surface area contributed by atoms with Gasteiger partial charge in [-0.05, 0) is 13.1 Å². The summed E-state index contributed by atoms with van der Waals surface area (Å²) in [7, 11) is 1.98. The zero-order chi connectivity index (χ0) is 15.0. The van der Waals surface area contributed by atoms with E-state index >= 15 is 0 Å². The van der Waals surface area contributed by atoms with Crippen molar-refractivity contribution in [3.8, 4) is 0 Å². The van der Waals surface area contributed by atoms with E-state index in [1.165, 1.54) is 6.20 Å². The number of nitrogens with two attached hydrogens (primary N) is 1. The van der Waals surface area contributed by atoms with Gasteiger partial charge in [0.25, 0.3) is 0 Å². The van der Waals surface area contributed by atoms with E-state index in [0.29, 0.717) is 6.54 Å². The van der Waals surface area contributed by atoms with Gasteiger partial charge in [-0.2, -0.15) is 0 Å². The minimum Gasteiger partial charge on any atom is -0.403 e. The fourth-order valence-electron chi connectivity index (χ4n) is 2.05. The van der Waals surface area contributed by atoms with Crippen molar-refractivity contribution in [2.24, 2.45) is 17.8 Å². The van der Waals surface area contributed by atoms with Crippen LogP contribution in [0.3, 0.4) is 0 Å². The summed E-state index contributed by atoms with van der Waals surface area (Å²) in [6.07, 6.45) is 5.89. The molecule has 0 aliphatic heterocycles. The SMILES string of the molecule is C=N/C(CN/C=C\N)=C(/CCC)c1nnc(CC)n1C. The van der Waals surface area contributed by atoms with Crippen LogP contribution in [0.5, 0.6) is 0 Å². The molecule has 6 heteroatoms. The first-order chi connectivity index (χ1) is 9.69. The lowest BCUT2D eigenvalue weighted by molar-refractivity contribution is 0.788. The zero-order valence-corrected chi connectivity index (χ0v) is 12.6. The van der Waals surface area contributed by atoms with Crippen molar-refractivity contribution in [1.29, 1.82) is 0 Å². The number of nitrogens with zero attached hydrogens (tertiary/aromatic N) is 4. The highest BCUT2D eigenvalue weighted by atomic mass is 15.3. The molecule has 110 valence electrons. The quantitative estimate of drug-likeness (QED) is 0.707. The fourth-order valence-corrected chi connectivity index (χ4v) is 2.05. The summed E-state index contributed by atoms with van der Waals surface area (Å²) in [6, 6.07) is 0. The van der Waals surface area contributed by atoms with Crippen LogP contribution in [-0.2, 0) is 13.5 Å². The van der Waals surface area contributed by atoms with Crippen molar-refractivity contribution >= 4 is 12.3 Å². The van der Waals surface area contributed by atoms with Gasteiger partial charge in [0.1, 0.15) is 5.82 Å². The number of hydrogen-bond acceptors (Lipinski definition) is 5. The van der Waals surface area contributed by atoms with Gasteiger partial charge in [0.15, 0.2) is 5.82 Å². The van der Waals surface area contributed by atoms with Gasteiger partial charge in [0.2, 0.25) is 0 Å². The van der Waals surface area contributed by atoms with E-state index in [1.54, 1.807) is 6.20 Å². The van der Waals surface area contributed by atoms with Gasteiger partial charge in [0, 0.05) is 31.4 Å². The Balaban J connectivity index is 3.17. The maximum Gasteiger partial charge on any atom is 0.161 e. The maximum atomic E-state index is 5.32. The van der Waals surface area contributed by atoms with Gasteiger partial charge in [-0.3, -0.25) is 4.99 Å². The highest BCUT2D eigenvalue weighted by Crippen LogP contribution is 2.23. The van der Waals surface area contributed by atoms with Crippen LogP contribution in [-0.4, -0.2) is 28.0 Å². The van der Waals surface area contributed by atoms with Crippen LogP contribution in [0.1, 0.15) is 38.3 Å². The molecule has 0 amide bonds. The Bertz CT molecular complexity index is 498. The van der Waals surface area contributed by atoms with Crippen molar-refractivity contribution in [3.63, 3.8) is 0 Å². The maximum absolute atomic E-state index is 5.32. The standard InChI is InChI=1S/C14H24N6/c1-5-7-11(12(16-3)10-17-9-8-15)14-19-18-13(6-2)20(14)4/h8-9,17H,3,5-7,10,15H2,1-2,4H3/b9-8-,12-11-. The molecule has 0 aliphatic carbocycles. The molecular weight excluding hydrogens is 252 g/mol. The van der Waals surface area contributed by atoms with Crippen LogP contribution in [0.15, 0.2) is 23.1 Å². The number of hydrogen-bond donors (Lipinski definition) is 2. The molecule has 20 heavy (non-hydrogen) atoms. The third-order valence-corrected chi connectivity index (χ3v) is 3.07. The highest BCUT2D eigenvalue weighted by Gasteiger charge is 2.15. The Kier molecular flexibility index (Phi) is 6.49. The number of aromatic nitrogens is 3. The van der Waals surface area contributed by atoms with E-state index in [0.717, 1.165) is 42.2 Å². The third-order valence-electron chi connectivity index (χ3n) is 3.07. The van der Waals surface area contributed by atoms with Crippen LogP contribution in [0, 0.1) is 0 Å². The fraction of sp³-hybridized carbons (Fsp3) is 0.500. The van der Waals surface area contributed by atoms with Gasteiger partial charge in [-0.15, -0.1) is 10.2 Å². The normalized spacial score (nSPS) is 12.6. The van der Waals surface area contributed by atoms with Crippen molar-refractivity contribution in [2.75, 3.05) is 6.54 Å². The molecule has 0 radical (unpaired) electrons. The van der Waals surface area contributed by atoms with Crippen LogP contribution < -0.4 is 11.1 Å². The third kappa shape index (κ3) is 3.69. The van der Waals surface area contributed by atoms with Crippen LogP contribution in [0.25, 0.3) is 5.57 Å². The first kappa shape index (κ1) is 15.9. The number of rotatable bonds is 8. The predicted octanol–water partition coefficient (Wildman–Crippen LogP) is 1.61. The van der Waals surface area contributed by atoms with Gasteiger partial charge in [-0.25, -0.2) is 0 Å². The number of aliphatic imine (C=N–C) groups is 1. The molecule has 0 saturated heterocycles. The molecule has 1 heterocycles. The number of allylic oxidation sites excluding steroid dienone is 1. The summed E-state index contributed by atoms with van der Waals surface area (Å²) in [5, 5.41) is 11.6. The molecule has 0 unspecified atom stereocenters.